The molecule has 0 radical (unpaired) electrons. The van der Waals surface area contributed by atoms with E-state index < -0.39 is 0 Å². The molecule has 112 valence electrons. The normalized spacial score (nSPS) is 14.5. The molecule has 0 saturated heterocycles. The van der Waals surface area contributed by atoms with Crippen LogP contribution in [0.2, 0.25) is 0 Å². The molecule has 0 aromatic heterocycles. The van der Waals surface area contributed by atoms with Crippen LogP contribution in [-0.4, -0.2) is 25.7 Å². The van der Waals surface area contributed by atoms with Crippen LogP contribution in [0.4, 0.5) is 5.69 Å². The van der Waals surface area contributed by atoms with E-state index in [-0.39, 0.29) is 0 Å². The summed E-state index contributed by atoms with van der Waals surface area (Å²) in [5.74, 6) is 0. The maximum absolute atomic E-state index is 3.59. The predicted octanol–water partition coefficient (Wildman–Crippen LogP) is 4.13. The van der Waals surface area contributed by atoms with Crippen LogP contribution in [0.1, 0.15) is 51.0 Å². The van der Waals surface area contributed by atoms with Crippen LogP contribution in [0, 0.1) is 6.92 Å². The molecule has 1 aromatic rings. The second kappa shape index (κ2) is 8.31. The molecule has 0 aliphatic heterocycles. The van der Waals surface area contributed by atoms with Crippen molar-refractivity contribution in [1.82, 2.24) is 5.32 Å². The largest absolute Gasteiger partial charge is 0.372 e. The average molecular weight is 274 g/mol. The Morgan fingerprint density at radius 3 is 2.40 bits per heavy atom. The van der Waals surface area contributed by atoms with E-state index >= 15 is 0 Å². The second-order valence-corrected chi connectivity index (χ2v) is 6.06. The fraction of sp³-hybridized carbons (Fsp3) is 0.667. The standard InChI is InChI=1S/C18H30N2/c1-3-20(18-12-8-16(2)9-13-18)15-7-5-4-6-14-19-17-10-11-17/h8-9,12-13,17,19H,3-7,10-11,14-15H2,1-2H3. The van der Waals surface area contributed by atoms with Gasteiger partial charge in [-0.2, -0.15) is 0 Å². The fourth-order valence-electron chi connectivity index (χ4n) is 2.60. The number of nitrogens with one attached hydrogen (secondary N) is 1. The third-order valence-electron chi connectivity index (χ3n) is 4.15. The summed E-state index contributed by atoms with van der Waals surface area (Å²) >= 11 is 0. The molecule has 1 N–H and O–H groups in total. The topological polar surface area (TPSA) is 15.3 Å². The van der Waals surface area contributed by atoms with Crippen molar-refractivity contribution >= 4 is 5.69 Å². The van der Waals surface area contributed by atoms with Gasteiger partial charge in [-0.05, 0) is 58.2 Å². The van der Waals surface area contributed by atoms with Crippen molar-refractivity contribution in [1.29, 1.82) is 0 Å². The minimum absolute atomic E-state index is 0.868. The molecule has 0 unspecified atom stereocenters. The summed E-state index contributed by atoms with van der Waals surface area (Å²) < 4.78 is 0. The number of rotatable bonds is 10. The van der Waals surface area contributed by atoms with E-state index in [1.165, 1.54) is 62.9 Å². The van der Waals surface area contributed by atoms with E-state index in [4.69, 9.17) is 0 Å². The summed E-state index contributed by atoms with van der Waals surface area (Å²) in [6, 6.07) is 9.78. The Hall–Kier alpha value is -1.02. The lowest BCUT2D eigenvalue weighted by Crippen LogP contribution is -2.23. The maximum atomic E-state index is 3.59. The maximum Gasteiger partial charge on any atom is 0.0366 e. The van der Waals surface area contributed by atoms with Gasteiger partial charge in [0.2, 0.25) is 0 Å². The Kier molecular flexibility index (Phi) is 6.38. The van der Waals surface area contributed by atoms with Crippen molar-refractivity contribution in [3.05, 3.63) is 29.8 Å². The molecule has 0 amide bonds. The first-order chi connectivity index (χ1) is 9.79. The molecule has 2 rings (SSSR count). The molecular formula is C18H30N2. The number of unbranched alkanes of at least 4 members (excludes halogenated alkanes) is 3. The van der Waals surface area contributed by atoms with Gasteiger partial charge in [0.05, 0.1) is 0 Å². The van der Waals surface area contributed by atoms with Crippen molar-refractivity contribution in [3.63, 3.8) is 0 Å². The Bertz CT molecular complexity index is 368. The van der Waals surface area contributed by atoms with Gasteiger partial charge in [0.15, 0.2) is 0 Å². The van der Waals surface area contributed by atoms with Gasteiger partial charge >= 0.3 is 0 Å². The lowest BCUT2D eigenvalue weighted by molar-refractivity contribution is 0.582. The number of anilines is 1. The molecule has 20 heavy (non-hydrogen) atoms. The molecule has 0 heterocycles. The fourth-order valence-corrected chi connectivity index (χ4v) is 2.60. The molecule has 2 nitrogen and oxygen atoms in total. The van der Waals surface area contributed by atoms with Crippen molar-refractivity contribution < 1.29 is 0 Å². The van der Waals surface area contributed by atoms with Crippen molar-refractivity contribution in [2.45, 2.75) is 58.4 Å². The van der Waals surface area contributed by atoms with Crippen LogP contribution in [-0.2, 0) is 0 Å². The number of benzene rings is 1. The molecule has 0 atom stereocenters. The number of aryl methyl sites for hydroxylation is 1. The Balaban J connectivity index is 1.57. The molecule has 2 heteroatoms. The quantitative estimate of drug-likeness (QED) is 0.645. The first-order valence-electron chi connectivity index (χ1n) is 8.34. The Morgan fingerprint density at radius 2 is 1.75 bits per heavy atom. The van der Waals surface area contributed by atoms with E-state index in [9.17, 15) is 0 Å². The van der Waals surface area contributed by atoms with Gasteiger partial charge in [-0.25, -0.2) is 0 Å². The zero-order valence-electron chi connectivity index (χ0n) is 13.2. The van der Waals surface area contributed by atoms with Crippen LogP contribution in [0.25, 0.3) is 0 Å². The highest BCUT2D eigenvalue weighted by molar-refractivity contribution is 5.47. The van der Waals surface area contributed by atoms with Crippen LogP contribution in [0.3, 0.4) is 0 Å². The highest BCUT2D eigenvalue weighted by Crippen LogP contribution is 2.18. The number of hydrogen-bond donors (Lipinski definition) is 1. The minimum Gasteiger partial charge on any atom is -0.372 e. The smallest absolute Gasteiger partial charge is 0.0366 e. The molecular weight excluding hydrogens is 244 g/mol. The van der Waals surface area contributed by atoms with Crippen molar-refractivity contribution in [2.75, 3.05) is 24.5 Å². The van der Waals surface area contributed by atoms with E-state index in [0.717, 1.165) is 12.6 Å². The number of hydrogen-bond acceptors (Lipinski definition) is 2. The van der Waals surface area contributed by atoms with Crippen LogP contribution < -0.4 is 10.2 Å². The van der Waals surface area contributed by atoms with Crippen molar-refractivity contribution in [2.24, 2.45) is 0 Å². The summed E-state index contributed by atoms with van der Waals surface area (Å²) in [7, 11) is 0. The lowest BCUT2D eigenvalue weighted by Gasteiger charge is -2.23. The number of nitrogens with zero attached hydrogens (tertiary/aromatic N) is 1. The average Bonchev–Trinajstić information content (AvgIpc) is 3.27. The van der Waals surface area contributed by atoms with E-state index in [0.29, 0.717) is 0 Å². The van der Waals surface area contributed by atoms with Gasteiger partial charge in [-0.3, -0.25) is 0 Å². The molecule has 1 aromatic carbocycles. The van der Waals surface area contributed by atoms with Gasteiger partial charge in [0, 0.05) is 24.8 Å². The zero-order chi connectivity index (χ0) is 14.2. The van der Waals surface area contributed by atoms with Gasteiger partial charge in [0.1, 0.15) is 0 Å². The van der Waals surface area contributed by atoms with Gasteiger partial charge < -0.3 is 10.2 Å². The van der Waals surface area contributed by atoms with Crippen LogP contribution >= 0.6 is 0 Å². The van der Waals surface area contributed by atoms with Gasteiger partial charge in [-0.1, -0.05) is 30.5 Å². The summed E-state index contributed by atoms with van der Waals surface area (Å²) in [6.07, 6.45) is 8.18. The SMILES string of the molecule is CCN(CCCCCCNC1CC1)c1ccc(C)cc1. The third-order valence-corrected chi connectivity index (χ3v) is 4.15. The first-order valence-corrected chi connectivity index (χ1v) is 8.34. The molecule has 1 saturated carbocycles. The van der Waals surface area contributed by atoms with E-state index in [1.807, 2.05) is 0 Å². The monoisotopic (exact) mass is 274 g/mol. The van der Waals surface area contributed by atoms with Crippen molar-refractivity contribution in [3.8, 4) is 0 Å². The molecule has 0 bridgehead atoms. The predicted molar refractivity (Wildman–Crippen MR) is 88.6 cm³/mol. The van der Waals surface area contributed by atoms with Gasteiger partial charge in [-0.15, -0.1) is 0 Å². The minimum atomic E-state index is 0.868. The lowest BCUT2D eigenvalue weighted by atomic mass is 10.1. The summed E-state index contributed by atoms with van der Waals surface area (Å²) in [6.45, 7) is 7.91. The Labute approximate surface area is 124 Å². The second-order valence-electron chi connectivity index (χ2n) is 6.06. The third kappa shape index (κ3) is 5.54. The highest BCUT2D eigenvalue weighted by atomic mass is 15.1. The van der Waals surface area contributed by atoms with Crippen LogP contribution in [0.5, 0.6) is 0 Å². The molecule has 1 fully saturated rings. The summed E-state index contributed by atoms with van der Waals surface area (Å²) in [4.78, 5) is 2.49. The first kappa shape index (κ1) is 15.4. The van der Waals surface area contributed by atoms with E-state index in [2.05, 4.69) is 48.3 Å². The Morgan fingerprint density at radius 1 is 1.05 bits per heavy atom. The molecule has 1 aliphatic rings. The summed E-state index contributed by atoms with van der Waals surface area (Å²) in [5, 5.41) is 3.59. The van der Waals surface area contributed by atoms with Gasteiger partial charge in [0.25, 0.3) is 0 Å². The zero-order valence-corrected chi connectivity index (χ0v) is 13.2. The van der Waals surface area contributed by atoms with E-state index in [1.54, 1.807) is 0 Å². The summed E-state index contributed by atoms with van der Waals surface area (Å²) in [5.41, 5.74) is 2.71. The molecule has 1 aliphatic carbocycles. The van der Waals surface area contributed by atoms with Crippen LogP contribution in [0.15, 0.2) is 24.3 Å². The molecule has 0 spiro atoms. The highest BCUT2D eigenvalue weighted by Gasteiger charge is 2.19.